The third-order valence-electron chi connectivity index (χ3n) is 4.06. The smallest absolute Gasteiger partial charge is 0.321 e. The predicted octanol–water partition coefficient (Wildman–Crippen LogP) is 4.36. The van der Waals surface area contributed by atoms with Gasteiger partial charge in [0.25, 0.3) is 0 Å². The molecule has 2 unspecified atom stereocenters. The van der Waals surface area contributed by atoms with E-state index in [1.165, 1.54) is 11.8 Å². The van der Waals surface area contributed by atoms with Gasteiger partial charge in [0.05, 0.1) is 17.0 Å². The molecule has 0 radical (unpaired) electrons. The molecular formula is C19H19BrClNO5S. The van der Waals surface area contributed by atoms with Crippen molar-refractivity contribution in [2.75, 3.05) is 26.1 Å². The maximum Gasteiger partial charge on any atom is 0.321 e. The van der Waals surface area contributed by atoms with E-state index in [0.717, 1.165) is 5.56 Å². The molecule has 2 atom stereocenters. The van der Waals surface area contributed by atoms with Gasteiger partial charge in [-0.15, -0.1) is 11.8 Å². The van der Waals surface area contributed by atoms with Crippen LogP contribution in [-0.2, 0) is 4.79 Å². The summed E-state index contributed by atoms with van der Waals surface area (Å²) in [5.41, 5.74) is 0.797. The SMILES string of the molecule is COc1ccccc1OCCOc1c(Br)cc(Cl)cc1C1NC(C(=O)O)CS1. The van der Waals surface area contributed by atoms with Gasteiger partial charge in [0.15, 0.2) is 11.5 Å². The molecule has 1 fully saturated rings. The van der Waals surface area contributed by atoms with E-state index < -0.39 is 12.0 Å². The van der Waals surface area contributed by atoms with E-state index >= 15 is 0 Å². The minimum atomic E-state index is -0.872. The zero-order valence-electron chi connectivity index (χ0n) is 15.0. The summed E-state index contributed by atoms with van der Waals surface area (Å²) in [6.45, 7) is 0.614. The Hall–Kier alpha value is -1.61. The number of methoxy groups -OCH3 is 1. The van der Waals surface area contributed by atoms with Crippen LogP contribution >= 0.6 is 39.3 Å². The minimum Gasteiger partial charge on any atom is -0.493 e. The topological polar surface area (TPSA) is 77.0 Å². The first-order valence-electron chi connectivity index (χ1n) is 8.47. The largest absolute Gasteiger partial charge is 0.493 e. The number of carbonyl (C=O) groups is 1. The van der Waals surface area contributed by atoms with Crippen molar-refractivity contribution >= 4 is 45.3 Å². The fourth-order valence-electron chi connectivity index (χ4n) is 2.75. The van der Waals surface area contributed by atoms with Crippen molar-refractivity contribution in [3.8, 4) is 17.2 Å². The van der Waals surface area contributed by atoms with Crippen molar-refractivity contribution in [3.63, 3.8) is 0 Å². The molecule has 2 aromatic carbocycles. The number of thioether (sulfide) groups is 1. The number of nitrogens with one attached hydrogen (secondary N) is 1. The molecule has 1 heterocycles. The highest BCUT2D eigenvalue weighted by molar-refractivity contribution is 9.10. The zero-order chi connectivity index (χ0) is 20.1. The van der Waals surface area contributed by atoms with Gasteiger partial charge >= 0.3 is 5.97 Å². The molecule has 9 heteroatoms. The molecule has 150 valence electrons. The number of hydrogen-bond donors (Lipinski definition) is 2. The van der Waals surface area contributed by atoms with Crippen molar-refractivity contribution in [2.24, 2.45) is 0 Å². The highest BCUT2D eigenvalue weighted by Crippen LogP contribution is 2.42. The Morgan fingerprint density at radius 3 is 2.68 bits per heavy atom. The van der Waals surface area contributed by atoms with Gasteiger partial charge in [0.1, 0.15) is 25.0 Å². The van der Waals surface area contributed by atoms with E-state index in [4.69, 9.17) is 25.8 Å². The van der Waals surface area contributed by atoms with Gasteiger partial charge in [-0.2, -0.15) is 0 Å². The summed E-state index contributed by atoms with van der Waals surface area (Å²) in [4.78, 5) is 11.2. The number of aliphatic carboxylic acids is 1. The lowest BCUT2D eigenvalue weighted by Crippen LogP contribution is -2.33. The van der Waals surface area contributed by atoms with E-state index in [-0.39, 0.29) is 5.37 Å². The monoisotopic (exact) mass is 487 g/mol. The van der Waals surface area contributed by atoms with Crippen LogP contribution in [0.15, 0.2) is 40.9 Å². The summed E-state index contributed by atoms with van der Waals surface area (Å²) in [6, 6.07) is 10.3. The fourth-order valence-corrected chi connectivity index (χ4v) is 4.94. The maximum atomic E-state index is 11.2. The molecule has 0 spiro atoms. The summed E-state index contributed by atoms with van der Waals surface area (Å²) < 4.78 is 17.7. The molecule has 0 amide bonds. The van der Waals surface area contributed by atoms with Gasteiger partial charge in [0.2, 0.25) is 0 Å². The Morgan fingerprint density at radius 2 is 2.00 bits per heavy atom. The molecule has 1 saturated heterocycles. The Morgan fingerprint density at radius 1 is 1.29 bits per heavy atom. The maximum absolute atomic E-state index is 11.2. The predicted molar refractivity (Wildman–Crippen MR) is 113 cm³/mol. The number of benzene rings is 2. The second-order valence-electron chi connectivity index (χ2n) is 5.92. The van der Waals surface area contributed by atoms with E-state index in [9.17, 15) is 9.90 Å². The Labute approximate surface area is 180 Å². The molecule has 3 rings (SSSR count). The Bertz CT molecular complexity index is 853. The molecule has 28 heavy (non-hydrogen) atoms. The number of rotatable bonds is 8. The van der Waals surface area contributed by atoms with Gasteiger partial charge in [-0.25, -0.2) is 0 Å². The molecule has 2 aromatic rings. The average molecular weight is 489 g/mol. The van der Waals surface area contributed by atoms with Crippen LogP contribution in [0.4, 0.5) is 0 Å². The van der Waals surface area contributed by atoms with Crippen LogP contribution in [0.3, 0.4) is 0 Å². The number of para-hydroxylation sites is 2. The molecule has 0 aromatic heterocycles. The zero-order valence-corrected chi connectivity index (χ0v) is 18.1. The molecule has 1 aliphatic rings. The third kappa shape index (κ3) is 5.05. The van der Waals surface area contributed by atoms with Crippen LogP contribution in [0.25, 0.3) is 0 Å². The van der Waals surface area contributed by atoms with Crippen molar-refractivity contribution in [2.45, 2.75) is 11.4 Å². The summed E-state index contributed by atoms with van der Waals surface area (Å²) in [7, 11) is 1.59. The van der Waals surface area contributed by atoms with Gasteiger partial charge in [-0.3, -0.25) is 10.1 Å². The normalized spacial score (nSPS) is 18.7. The van der Waals surface area contributed by atoms with Crippen LogP contribution < -0.4 is 19.5 Å². The first kappa shape index (κ1) is 21.1. The van der Waals surface area contributed by atoms with Crippen molar-refractivity contribution in [1.29, 1.82) is 0 Å². The number of hydrogen-bond acceptors (Lipinski definition) is 6. The fraction of sp³-hybridized carbons (Fsp3) is 0.316. The first-order chi connectivity index (χ1) is 13.5. The van der Waals surface area contributed by atoms with Crippen molar-refractivity contribution < 1.29 is 24.1 Å². The molecule has 1 aliphatic heterocycles. The standard InChI is InChI=1S/C19H19BrClNO5S/c1-25-15-4-2-3-5-16(15)26-6-7-27-17-12(8-11(21)9-13(17)20)18-22-14(10-28-18)19(23)24/h2-5,8-9,14,18,22H,6-7,10H2,1H3,(H,23,24). The van der Waals surface area contributed by atoms with Gasteiger partial charge in [-0.05, 0) is 40.2 Å². The molecule has 0 bridgehead atoms. The first-order valence-corrected chi connectivity index (χ1v) is 10.7. The highest BCUT2D eigenvalue weighted by Gasteiger charge is 2.32. The van der Waals surface area contributed by atoms with E-state index in [1.54, 1.807) is 19.2 Å². The highest BCUT2D eigenvalue weighted by atomic mass is 79.9. The van der Waals surface area contributed by atoms with Crippen LogP contribution in [-0.4, -0.2) is 43.2 Å². The molecule has 0 saturated carbocycles. The minimum absolute atomic E-state index is 0.221. The molecule has 6 nitrogen and oxygen atoms in total. The van der Waals surface area contributed by atoms with Crippen LogP contribution in [0.2, 0.25) is 5.02 Å². The second kappa shape index (κ2) is 9.73. The summed E-state index contributed by atoms with van der Waals surface area (Å²) in [5, 5.41) is 12.6. The lowest BCUT2D eigenvalue weighted by Gasteiger charge is -2.19. The van der Waals surface area contributed by atoms with E-state index in [1.807, 2.05) is 24.3 Å². The quantitative estimate of drug-likeness (QED) is 0.535. The third-order valence-corrected chi connectivity index (χ3v) is 6.11. The molecular weight excluding hydrogens is 470 g/mol. The van der Waals surface area contributed by atoms with Crippen LogP contribution in [0, 0.1) is 0 Å². The number of ether oxygens (including phenoxy) is 3. The summed E-state index contributed by atoms with van der Waals surface area (Å²) in [6.07, 6.45) is 0. The second-order valence-corrected chi connectivity index (χ2v) is 8.35. The number of carboxylic acids is 1. The van der Waals surface area contributed by atoms with E-state index in [0.29, 0.717) is 45.7 Å². The van der Waals surface area contributed by atoms with Gasteiger partial charge < -0.3 is 19.3 Å². The van der Waals surface area contributed by atoms with Crippen LogP contribution in [0.1, 0.15) is 10.9 Å². The summed E-state index contributed by atoms with van der Waals surface area (Å²) in [5.74, 6) is 1.51. The van der Waals surface area contributed by atoms with Crippen molar-refractivity contribution in [1.82, 2.24) is 5.32 Å². The molecule has 0 aliphatic carbocycles. The van der Waals surface area contributed by atoms with Crippen molar-refractivity contribution in [3.05, 3.63) is 51.5 Å². The van der Waals surface area contributed by atoms with Gasteiger partial charge in [0, 0.05) is 16.3 Å². The average Bonchev–Trinajstić information content (AvgIpc) is 3.17. The Kier molecular flexibility index (Phi) is 7.34. The number of carboxylic acid groups (broad SMARTS) is 1. The lowest BCUT2D eigenvalue weighted by atomic mass is 10.2. The number of halogens is 2. The Balaban J connectivity index is 1.67. The lowest BCUT2D eigenvalue weighted by molar-refractivity contribution is -0.138. The van der Waals surface area contributed by atoms with E-state index in [2.05, 4.69) is 21.2 Å². The van der Waals surface area contributed by atoms with Gasteiger partial charge in [-0.1, -0.05) is 23.7 Å². The summed E-state index contributed by atoms with van der Waals surface area (Å²) >= 11 is 11.2. The van der Waals surface area contributed by atoms with Crippen LogP contribution in [0.5, 0.6) is 17.2 Å². The molecule has 2 N–H and O–H groups in total.